The Hall–Kier alpha value is -2.78. The average Bonchev–Trinajstić information content (AvgIpc) is 2.58. The highest BCUT2D eigenvalue weighted by Gasteiger charge is 2.37. The van der Waals surface area contributed by atoms with Crippen molar-refractivity contribution in [2.75, 3.05) is 13.1 Å². The van der Waals surface area contributed by atoms with Crippen LogP contribution in [0.15, 0.2) is 54.2 Å². The van der Waals surface area contributed by atoms with E-state index in [9.17, 15) is 13.2 Å². The smallest absolute Gasteiger partial charge is 0.243 e. The van der Waals surface area contributed by atoms with E-state index in [1.165, 1.54) is 22.6 Å². The highest BCUT2D eigenvalue weighted by molar-refractivity contribution is 7.89. The quantitative estimate of drug-likeness (QED) is 0.764. The number of amides is 1. The molecule has 0 saturated carbocycles. The number of carbonyl (C=O) groups excluding carboxylic acids is 1. The molecule has 8 nitrogen and oxygen atoms in total. The van der Waals surface area contributed by atoms with Crippen LogP contribution < -0.4 is 10.1 Å². The SMILES string of the molecule is C=CC(=O)NC1CN(S(=O)(=O)c2ccc(Oc3cncc(C)n3)cc2)C1. The van der Waals surface area contributed by atoms with E-state index in [-0.39, 0.29) is 29.9 Å². The minimum atomic E-state index is -3.60. The summed E-state index contributed by atoms with van der Waals surface area (Å²) < 4.78 is 32.0. The third-order valence-corrected chi connectivity index (χ3v) is 5.64. The maximum atomic E-state index is 12.6. The first-order chi connectivity index (χ1) is 12.4. The number of rotatable bonds is 6. The second-order valence-electron chi connectivity index (χ2n) is 5.80. The monoisotopic (exact) mass is 374 g/mol. The van der Waals surface area contributed by atoms with Crippen molar-refractivity contribution in [3.63, 3.8) is 0 Å². The van der Waals surface area contributed by atoms with Crippen LogP contribution in [0, 0.1) is 6.92 Å². The van der Waals surface area contributed by atoms with Crippen LogP contribution in [0.25, 0.3) is 0 Å². The normalized spacial score (nSPS) is 15.1. The fourth-order valence-corrected chi connectivity index (χ4v) is 3.96. The number of aryl methyl sites for hydroxylation is 1. The molecular formula is C17H18N4O4S. The second-order valence-corrected chi connectivity index (χ2v) is 7.74. The molecule has 26 heavy (non-hydrogen) atoms. The van der Waals surface area contributed by atoms with Crippen LogP contribution >= 0.6 is 0 Å². The van der Waals surface area contributed by atoms with Crippen molar-refractivity contribution in [1.29, 1.82) is 0 Å². The molecule has 136 valence electrons. The van der Waals surface area contributed by atoms with Crippen LogP contribution in [0.1, 0.15) is 5.69 Å². The van der Waals surface area contributed by atoms with Gasteiger partial charge in [0.05, 0.1) is 22.8 Å². The molecular weight excluding hydrogens is 356 g/mol. The number of nitrogens with one attached hydrogen (secondary N) is 1. The summed E-state index contributed by atoms with van der Waals surface area (Å²) in [5.74, 6) is 0.487. The Labute approximate surface area is 151 Å². The number of benzene rings is 1. The Morgan fingerprint density at radius 1 is 1.31 bits per heavy atom. The fourth-order valence-electron chi connectivity index (χ4n) is 2.42. The number of hydrogen-bond donors (Lipinski definition) is 1. The molecule has 1 N–H and O–H groups in total. The summed E-state index contributed by atoms with van der Waals surface area (Å²) in [6.45, 7) is 5.64. The van der Waals surface area contributed by atoms with Gasteiger partial charge in [-0.2, -0.15) is 4.31 Å². The largest absolute Gasteiger partial charge is 0.437 e. The lowest BCUT2D eigenvalue weighted by molar-refractivity contribution is -0.117. The van der Waals surface area contributed by atoms with Gasteiger partial charge in [-0.1, -0.05) is 6.58 Å². The Kier molecular flexibility index (Phi) is 5.01. The van der Waals surface area contributed by atoms with E-state index in [2.05, 4.69) is 21.9 Å². The number of nitrogens with zero attached hydrogens (tertiary/aromatic N) is 3. The van der Waals surface area contributed by atoms with Gasteiger partial charge in [-0.05, 0) is 37.3 Å². The van der Waals surface area contributed by atoms with Crippen LogP contribution in [0.4, 0.5) is 0 Å². The number of ether oxygens (including phenoxy) is 1. The van der Waals surface area contributed by atoms with E-state index < -0.39 is 10.0 Å². The molecule has 2 heterocycles. The van der Waals surface area contributed by atoms with Gasteiger partial charge in [0.1, 0.15) is 5.75 Å². The molecule has 1 fully saturated rings. The van der Waals surface area contributed by atoms with Crippen LogP contribution in [0.3, 0.4) is 0 Å². The van der Waals surface area contributed by atoms with Gasteiger partial charge >= 0.3 is 0 Å². The number of hydrogen-bond acceptors (Lipinski definition) is 6. The van der Waals surface area contributed by atoms with Gasteiger partial charge in [0.25, 0.3) is 0 Å². The third-order valence-electron chi connectivity index (χ3n) is 3.80. The van der Waals surface area contributed by atoms with Gasteiger partial charge in [0.15, 0.2) is 0 Å². The zero-order valence-corrected chi connectivity index (χ0v) is 14.9. The number of carbonyl (C=O) groups is 1. The summed E-state index contributed by atoms with van der Waals surface area (Å²) in [5.41, 5.74) is 0.720. The summed E-state index contributed by atoms with van der Waals surface area (Å²) in [5, 5.41) is 2.66. The molecule has 0 unspecified atom stereocenters. The van der Waals surface area contributed by atoms with Gasteiger partial charge in [-0.25, -0.2) is 13.4 Å². The third kappa shape index (κ3) is 3.89. The van der Waals surface area contributed by atoms with Crippen LogP contribution in [0.2, 0.25) is 0 Å². The van der Waals surface area contributed by atoms with Crippen LogP contribution in [0.5, 0.6) is 11.6 Å². The summed E-state index contributed by atoms with van der Waals surface area (Å²) >= 11 is 0. The summed E-state index contributed by atoms with van der Waals surface area (Å²) in [6.07, 6.45) is 4.25. The average molecular weight is 374 g/mol. The first-order valence-electron chi connectivity index (χ1n) is 7.88. The summed E-state index contributed by atoms with van der Waals surface area (Å²) in [7, 11) is -3.60. The molecule has 9 heteroatoms. The van der Waals surface area contributed by atoms with E-state index in [4.69, 9.17) is 4.74 Å². The first-order valence-corrected chi connectivity index (χ1v) is 9.32. The molecule has 1 amide bonds. The zero-order valence-electron chi connectivity index (χ0n) is 14.1. The Morgan fingerprint density at radius 3 is 2.62 bits per heavy atom. The minimum absolute atomic E-state index is 0.161. The highest BCUT2D eigenvalue weighted by Crippen LogP contribution is 2.25. The van der Waals surface area contributed by atoms with Crippen molar-refractivity contribution < 1.29 is 17.9 Å². The van der Waals surface area contributed by atoms with E-state index in [0.717, 1.165) is 11.8 Å². The molecule has 1 aliphatic heterocycles. The minimum Gasteiger partial charge on any atom is -0.437 e. The summed E-state index contributed by atoms with van der Waals surface area (Å²) in [4.78, 5) is 19.6. The molecule has 0 spiro atoms. The molecule has 1 aromatic heterocycles. The Balaban J connectivity index is 1.64. The molecule has 1 saturated heterocycles. The van der Waals surface area contributed by atoms with Crippen molar-refractivity contribution in [3.8, 4) is 11.6 Å². The Bertz CT molecular complexity index is 922. The topological polar surface area (TPSA) is 101 Å². The fraction of sp³-hybridized carbons (Fsp3) is 0.235. The van der Waals surface area contributed by atoms with Gasteiger partial charge in [0.2, 0.25) is 21.8 Å². The lowest BCUT2D eigenvalue weighted by Gasteiger charge is -2.38. The number of sulfonamides is 1. The highest BCUT2D eigenvalue weighted by atomic mass is 32.2. The first kappa shape index (κ1) is 18.0. The van der Waals surface area contributed by atoms with Crippen molar-refractivity contribution in [2.45, 2.75) is 17.9 Å². The second kappa shape index (κ2) is 7.22. The standard InChI is InChI=1S/C17H18N4O4S/c1-3-16(22)20-13-10-21(11-13)26(23,24)15-6-4-14(5-7-15)25-17-9-18-8-12(2)19-17/h3-9,13H,1,10-11H2,2H3,(H,20,22). The predicted molar refractivity (Wildman–Crippen MR) is 94.2 cm³/mol. The number of aromatic nitrogens is 2. The van der Waals surface area contributed by atoms with Crippen molar-refractivity contribution in [2.24, 2.45) is 0 Å². The predicted octanol–water partition coefficient (Wildman–Crippen LogP) is 1.25. The van der Waals surface area contributed by atoms with Gasteiger partial charge < -0.3 is 10.1 Å². The zero-order chi connectivity index (χ0) is 18.7. The molecule has 1 aromatic carbocycles. The van der Waals surface area contributed by atoms with Crippen LogP contribution in [-0.2, 0) is 14.8 Å². The summed E-state index contributed by atoms with van der Waals surface area (Å²) in [6, 6.07) is 5.88. The maximum Gasteiger partial charge on any atom is 0.243 e. The van der Waals surface area contributed by atoms with E-state index in [1.54, 1.807) is 25.3 Å². The molecule has 1 aliphatic rings. The molecule has 2 aromatic rings. The Morgan fingerprint density at radius 2 is 2.00 bits per heavy atom. The lowest BCUT2D eigenvalue weighted by atomic mass is 10.2. The van der Waals surface area contributed by atoms with Gasteiger partial charge in [-0.3, -0.25) is 9.78 Å². The lowest BCUT2D eigenvalue weighted by Crippen LogP contribution is -2.60. The van der Waals surface area contributed by atoms with Gasteiger partial charge in [-0.15, -0.1) is 0 Å². The molecule has 0 bridgehead atoms. The van der Waals surface area contributed by atoms with E-state index >= 15 is 0 Å². The maximum absolute atomic E-state index is 12.6. The van der Waals surface area contributed by atoms with Crippen LogP contribution in [-0.4, -0.2) is 47.7 Å². The van der Waals surface area contributed by atoms with Gasteiger partial charge in [0, 0.05) is 19.3 Å². The van der Waals surface area contributed by atoms with E-state index in [1.807, 2.05) is 0 Å². The van der Waals surface area contributed by atoms with E-state index in [0.29, 0.717) is 11.6 Å². The van der Waals surface area contributed by atoms with Crippen molar-refractivity contribution in [3.05, 3.63) is 55.0 Å². The molecule has 3 rings (SSSR count). The van der Waals surface area contributed by atoms with Crippen molar-refractivity contribution >= 4 is 15.9 Å². The molecule has 0 atom stereocenters. The van der Waals surface area contributed by atoms with Crippen molar-refractivity contribution in [1.82, 2.24) is 19.6 Å². The molecule has 0 radical (unpaired) electrons. The molecule has 0 aliphatic carbocycles.